The van der Waals surface area contributed by atoms with Gasteiger partial charge in [-0.05, 0) is 58.3 Å². The maximum Gasteiger partial charge on any atom is 0.152 e. The van der Waals surface area contributed by atoms with E-state index in [-0.39, 0.29) is 5.78 Å². The Labute approximate surface area is 111 Å². The highest BCUT2D eigenvalue weighted by Gasteiger charge is 2.21. The van der Waals surface area contributed by atoms with Gasteiger partial charge in [-0.15, -0.1) is 0 Å². The molecule has 1 aliphatic heterocycles. The van der Waals surface area contributed by atoms with Gasteiger partial charge in [0.25, 0.3) is 0 Å². The molecule has 0 amide bonds. The molecule has 0 aromatic heterocycles. The van der Waals surface area contributed by atoms with Crippen molar-refractivity contribution in [1.82, 2.24) is 4.90 Å². The Morgan fingerprint density at radius 1 is 1.28 bits per heavy atom. The summed E-state index contributed by atoms with van der Waals surface area (Å²) in [6, 6.07) is 0.498. The Bertz CT molecular complexity index is 263. The molecule has 0 aromatic carbocycles. The van der Waals surface area contributed by atoms with Crippen molar-refractivity contribution < 1.29 is 4.79 Å². The Kier molecular flexibility index (Phi) is 7.94. The molecule has 1 aliphatic rings. The molecule has 2 N–H and O–H groups in total. The van der Waals surface area contributed by atoms with Crippen molar-refractivity contribution in [1.29, 1.82) is 0 Å². The molecule has 0 spiro atoms. The van der Waals surface area contributed by atoms with E-state index in [1.165, 1.54) is 51.6 Å². The van der Waals surface area contributed by atoms with Gasteiger partial charge in [0.15, 0.2) is 5.78 Å². The smallest absolute Gasteiger partial charge is 0.152 e. The summed E-state index contributed by atoms with van der Waals surface area (Å²) in [6.45, 7) is 4.81. The Morgan fingerprint density at radius 2 is 2.00 bits per heavy atom. The van der Waals surface area contributed by atoms with Crippen LogP contribution in [0.3, 0.4) is 0 Å². The van der Waals surface area contributed by atoms with Gasteiger partial charge in [-0.2, -0.15) is 0 Å². The van der Waals surface area contributed by atoms with E-state index in [4.69, 9.17) is 5.73 Å². The number of hydrogen-bond acceptors (Lipinski definition) is 3. The van der Waals surface area contributed by atoms with Gasteiger partial charge in [0.05, 0.1) is 0 Å². The molecular formula is C15H28N2O. The monoisotopic (exact) mass is 252 g/mol. The molecule has 1 heterocycles. The fourth-order valence-electron chi connectivity index (χ4n) is 2.58. The van der Waals surface area contributed by atoms with Crippen LogP contribution in [0, 0.1) is 0 Å². The number of nitrogens with two attached hydrogens (primary N) is 1. The SMILES string of the molecule is CC(=O)/C=C/C1CCCN1CCCCCCCN. The number of hydrogen-bond donors (Lipinski definition) is 1. The summed E-state index contributed by atoms with van der Waals surface area (Å²) in [6.07, 6.45) is 12.6. The molecule has 1 rings (SSSR count). The van der Waals surface area contributed by atoms with Crippen LogP contribution < -0.4 is 5.73 Å². The summed E-state index contributed by atoms with van der Waals surface area (Å²) in [7, 11) is 0. The van der Waals surface area contributed by atoms with E-state index in [1.807, 2.05) is 0 Å². The molecule has 0 saturated carbocycles. The van der Waals surface area contributed by atoms with Crippen LogP contribution in [0.15, 0.2) is 12.2 Å². The molecule has 1 unspecified atom stereocenters. The highest BCUT2D eigenvalue weighted by atomic mass is 16.1. The minimum atomic E-state index is 0.156. The molecule has 104 valence electrons. The van der Waals surface area contributed by atoms with E-state index in [0.717, 1.165) is 13.0 Å². The van der Waals surface area contributed by atoms with Crippen LogP contribution in [-0.4, -0.2) is 36.4 Å². The third-order valence-corrected chi connectivity index (χ3v) is 3.62. The standard InChI is InChI=1S/C15H28N2O/c1-14(18)9-10-15-8-7-13-17(15)12-6-4-2-3-5-11-16/h9-10,15H,2-8,11-13,16H2,1H3/b10-9+. The molecule has 18 heavy (non-hydrogen) atoms. The molecule has 0 aliphatic carbocycles. The van der Waals surface area contributed by atoms with E-state index >= 15 is 0 Å². The fraction of sp³-hybridized carbons (Fsp3) is 0.800. The third kappa shape index (κ3) is 6.31. The van der Waals surface area contributed by atoms with Gasteiger partial charge in [-0.25, -0.2) is 0 Å². The summed E-state index contributed by atoms with van der Waals surface area (Å²) in [5.74, 6) is 0.156. The van der Waals surface area contributed by atoms with Crippen LogP contribution in [0.1, 0.15) is 51.9 Å². The van der Waals surface area contributed by atoms with E-state index in [0.29, 0.717) is 6.04 Å². The Balaban J connectivity index is 2.14. The van der Waals surface area contributed by atoms with Crippen LogP contribution in [-0.2, 0) is 4.79 Å². The molecule has 1 saturated heterocycles. The second-order valence-corrected chi connectivity index (χ2v) is 5.27. The first kappa shape index (κ1) is 15.4. The van der Waals surface area contributed by atoms with Gasteiger partial charge >= 0.3 is 0 Å². The predicted octanol–water partition coefficient (Wildman–Crippen LogP) is 2.51. The number of unbranched alkanes of at least 4 members (excludes halogenated alkanes) is 4. The first-order valence-corrected chi connectivity index (χ1v) is 7.37. The van der Waals surface area contributed by atoms with Crippen molar-refractivity contribution in [2.75, 3.05) is 19.6 Å². The molecule has 1 atom stereocenters. The van der Waals surface area contributed by atoms with Crippen LogP contribution in [0.4, 0.5) is 0 Å². The lowest BCUT2D eigenvalue weighted by molar-refractivity contribution is -0.112. The maximum absolute atomic E-state index is 11.0. The first-order chi connectivity index (χ1) is 8.74. The highest BCUT2D eigenvalue weighted by Crippen LogP contribution is 2.19. The number of likely N-dealkylation sites (tertiary alicyclic amines) is 1. The number of nitrogens with zero attached hydrogens (tertiary/aromatic N) is 1. The zero-order valence-electron chi connectivity index (χ0n) is 11.7. The van der Waals surface area contributed by atoms with Crippen molar-refractivity contribution >= 4 is 5.78 Å². The van der Waals surface area contributed by atoms with Gasteiger partial charge < -0.3 is 5.73 Å². The van der Waals surface area contributed by atoms with Gasteiger partial charge in [-0.3, -0.25) is 9.69 Å². The lowest BCUT2D eigenvalue weighted by Gasteiger charge is -2.21. The van der Waals surface area contributed by atoms with Gasteiger partial charge in [0, 0.05) is 6.04 Å². The minimum Gasteiger partial charge on any atom is -0.330 e. The van der Waals surface area contributed by atoms with Gasteiger partial charge in [0.1, 0.15) is 0 Å². The third-order valence-electron chi connectivity index (χ3n) is 3.62. The van der Waals surface area contributed by atoms with Crippen molar-refractivity contribution in [3.8, 4) is 0 Å². The summed E-state index contributed by atoms with van der Waals surface area (Å²) < 4.78 is 0. The summed E-state index contributed by atoms with van der Waals surface area (Å²) in [5, 5.41) is 0. The zero-order chi connectivity index (χ0) is 13.2. The van der Waals surface area contributed by atoms with Crippen LogP contribution >= 0.6 is 0 Å². The van der Waals surface area contributed by atoms with Gasteiger partial charge in [-0.1, -0.05) is 25.3 Å². The number of rotatable bonds is 9. The number of ketones is 1. The predicted molar refractivity (Wildman–Crippen MR) is 76.6 cm³/mol. The fourth-order valence-corrected chi connectivity index (χ4v) is 2.58. The van der Waals surface area contributed by atoms with Crippen molar-refractivity contribution in [3.05, 3.63) is 12.2 Å². The number of carbonyl (C=O) groups excluding carboxylic acids is 1. The van der Waals surface area contributed by atoms with Crippen molar-refractivity contribution in [2.24, 2.45) is 5.73 Å². The van der Waals surface area contributed by atoms with Gasteiger partial charge in [0.2, 0.25) is 0 Å². The molecule has 0 aromatic rings. The van der Waals surface area contributed by atoms with Crippen molar-refractivity contribution in [3.63, 3.8) is 0 Å². The largest absolute Gasteiger partial charge is 0.330 e. The van der Waals surface area contributed by atoms with E-state index in [9.17, 15) is 4.79 Å². The molecular weight excluding hydrogens is 224 g/mol. The Hall–Kier alpha value is -0.670. The van der Waals surface area contributed by atoms with E-state index < -0.39 is 0 Å². The molecule has 0 bridgehead atoms. The quantitative estimate of drug-likeness (QED) is 0.506. The lowest BCUT2D eigenvalue weighted by Crippen LogP contribution is -2.28. The highest BCUT2D eigenvalue weighted by molar-refractivity contribution is 5.87. The van der Waals surface area contributed by atoms with E-state index in [2.05, 4.69) is 11.0 Å². The van der Waals surface area contributed by atoms with Crippen molar-refractivity contribution in [2.45, 2.75) is 57.9 Å². The summed E-state index contributed by atoms with van der Waals surface area (Å²) in [5.41, 5.74) is 5.48. The minimum absolute atomic E-state index is 0.156. The van der Waals surface area contributed by atoms with E-state index in [1.54, 1.807) is 13.0 Å². The average Bonchev–Trinajstić information content (AvgIpc) is 2.78. The Morgan fingerprint density at radius 3 is 2.72 bits per heavy atom. The molecule has 0 radical (unpaired) electrons. The zero-order valence-corrected chi connectivity index (χ0v) is 11.7. The summed E-state index contributed by atoms with van der Waals surface area (Å²) >= 11 is 0. The number of allylic oxidation sites excluding steroid dienone is 1. The van der Waals surface area contributed by atoms with Crippen LogP contribution in [0.5, 0.6) is 0 Å². The number of carbonyl (C=O) groups is 1. The molecule has 3 heteroatoms. The average molecular weight is 252 g/mol. The second kappa shape index (κ2) is 9.29. The first-order valence-electron chi connectivity index (χ1n) is 7.37. The second-order valence-electron chi connectivity index (χ2n) is 5.27. The van der Waals surface area contributed by atoms with Crippen LogP contribution in [0.2, 0.25) is 0 Å². The molecule has 1 fully saturated rings. The molecule has 3 nitrogen and oxygen atoms in total. The normalized spacial score (nSPS) is 20.9. The summed E-state index contributed by atoms with van der Waals surface area (Å²) in [4.78, 5) is 13.5. The topological polar surface area (TPSA) is 46.3 Å². The van der Waals surface area contributed by atoms with Crippen LogP contribution in [0.25, 0.3) is 0 Å². The lowest BCUT2D eigenvalue weighted by atomic mass is 10.1. The maximum atomic E-state index is 11.0.